The third kappa shape index (κ3) is 3.95. The summed E-state index contributed by atoms with van der Waals surface area (Å²) in [4.78, 5) is 24.0. The molecule has 0 saturated carbocycles. The molecule has 1 aromatic carbocycles. The van der Waals surface area contributed by atoms with Crippen LogP contribution < -0.4 is 11.0 Å². The molecule has 7 nitrogen and oxygen atoms in total. The number of rotatable bonds is 5. The molecule has 2 rings (SSSR count). The second kappa shape index (κ2) is 6.91. The Bertz CT molecular complexity index is 771. The van der Waals surface area contributed by atoms with Crippen LogP contribution in [0.3, 0.4) is 0 Å². The number of aromatic nitrogens is 4. The van der Waals surface area contributed by atoms with Gasteiger partial charge in [-0.1, -0.05) is 17.7 Å². The van der Waals surface area contributed by atoms with Gasteiger partial charge in [-0.05, 0) is 48.9 Å². The maximum atomic E-state index is 13.4. The van der Waals surface area contributed by atoms with Gasteiger partial charge in [0.25, 0.3) is 0 Å². The monoisotopic (exact) mass is 341 g/mol. The van der Waals surface area contributed by atoms with E-state index in [-0.39, 0.29) is 17.6 Å². The van der Waals surface area contributed by atoms with E-state index in [1.807, 2.05) is 0 Å². The third-order valence-corrected chi connectivity index (χ3v) is 3.57. The number of hydrogen-bond acceptors (Lipinski definition) is 4. The summed E-state index contributed by atoms with van der Waals surface area (Å²) in [6.45, 7) is 5.02. The Morgan fingerprint density at radius 1 is 1.35 bits per heavy atom. The molecule has 1 N–H and O–H groups in total. The highest BCUT2D eigenvalue weighted by Crippen LogP contribution is 2.19. The number of carbonyl (C=O) groups is 1. The SMILES string of the molecule is CC(C)n1nnn(CC(=O)N[C@@H](C)c2ccc(Cl)c(F)c2)c1=O. The van der Waals surface area contributed by atoms with Crippen molar-refractivity contribution in [2.75, 3.05) is 0 Å². The maximum absolute atomic E-state index is 13.4. The van der Waals surface area contributed by atoms with Gasteiger partial charge in [-0.15, -0.1) is 0 Å². The minimum absolute atomic E-state index is 0.0177. The molecule has 0 saturated heterocycles. The zero-order valence-electron chi connectivity index (χ0n) is 13.0. The summed E-state index contributed by atoms with van der Waals surface area (Å²) in [6.07, 6.45) is 0. The second-order valence-electron chi connectivity index (χ2n) is 5.42. The van der Waals surface area contributed by atoms with Gasteiger partial charge in [-0.3, -0.25) is 4.79 Å². The van der Waals surface area contributed by atoms with Crippen molar-refractivity contribution in [2.45, 2.75) is 39.4 Å². The fourth-order valence-corrected chi connectivity index (χ4v) is 2.12. The van der Waals surface area contributed by atoms with Crippen molar-refractivity contribution in [2.24, 2.45) is 0 Å². The lowest BCUT2D eigenvalue weighted by Gasteiger charge is -2.14. The summed E-state index contributed by atoms with van der Waals surface area (Å²) in [5.74, 6) is -0.980. The fourth-order valence-electron chi connectivity index (χ4n) is 2.00. The highest BCUT2D eigenvalue weighted by molar-refractivity contribution is 6.30. The molecule has 9 heteroatoms. The topological polar surface area (TPSA) is 81.8 Å². The van der Waals surface area contributed by atoms with Gasteiger partial charge in [0.1, 0.15) is 12.4 Å². The number of hydrogen-bond donors (Lipinski definition) is 1. The Morgan fingerprint density at radius 2 is 2.04 bits per heavy atom. The molecule has 1 aromatic heterocycles. The van der Waals surface area contributed by atoms with Gasteiger partial charge in [0, 0.05) is 0 Å². The molecular weight excluding hydrogens is 325 g/mol. The van der Waals surface area contributed by atoms with Gasteiger partial charge in [0.05, 0.1) is 17.1 Å². The smallest absolute Gasteiger partial charge is 0.348 e. The van der Waals surface area contributed by atoms with Crippen LogP contribution in [0, 0.1) is 5.82 Å². The van der Waals surface area contributed by atoms with Crippen molar-refractivity contribution in [3.05, 3.63) is 45.1 Å². The fraction of sp³-hybridized carbons (Fsp3) is 0.429. The highest BCUT2D eigenvalue weighted by Gasteiger charge is 2.15. The molecule has 0 bridgehead atoms. The zero-order chi connectivity index (χ0) is 17.1. The van der Waals surface area contributed by atoms with Crippen LogP contribution in [0.25, 0.3) is 0 Å². The summed E-state index contributed by atoms with van der Waals surface area (Å²) in [5, 5.41) is 10.1. The van der Waals surface area contributed by atoms with E-state index < -0.39 is 23.5 Å². The predicted molar refractivity (Wildman–Crippen MR) is 82.6 cm³/mol. The summed E-state index contributed by atoms with van der Waals surface area (Å²) >= 11 is 5.63. The van der Waals surface area contributed by atoms with Crippen LogP contribution in [0.4, 0.5) is 4.39 Å². The van der Waals surface area contributed by atoms with E-state index in [1.165, 1.54) is 16.8 Å². The maximum Gasteiger partial charge on any atom is 0.364 e. The third-order valence-electron chi connectivity index (χ3n) is 3.26. The number of carbonyl (C=O) groups excluding carboxylic acids is 1. The molecule has 0 aliphatic carbocycles. The first-order valence-electron chi connectivity index (χ1n) is 7.06. The van der Waals surface area contributed by atoms with Gasteiger partial charge in [0.2, 0.25) is 5.91 Å². The van der Waals surface area contributed by atoms with Crippen LogP contribution in [0.15, 0.2) is 23.0 Å². The number of benzene rings is 1. The van der Waals surface area contributed by atoms with Crippen molar-refractivity contribution in [3.8, 4) is 0 Å². The van der Waals surface area contributed by atoms with Crippen LogP contribution >= 0.6 is 11.6 Å². The van der Waals surface area contributed by atoms with E-state index in [0.717, 1.165) is 4.68 Å². The second-order valence-corrected chi connectivity index (χ2v) is 5.83. The Labute approximate surface area is 137 Å². The first-order valence-corrected chi connectivity index (χ1v) is 7.44. The van der Waals surface area contributed by atoms with Crippen molar-refractivity contribution in [3.63, 3.8) is 0 Å². The molecule has 124 valence electrons. The average Bonchev–Trinajstić information content (AvgIpc) is 2.83. The van der Waals surface area contributed by atoms with E-state index in [2.05, 4.69) is 15.7 Å². The predicted octanol–water partition coefficient (Wildman–Crippen LogP) is 1.69. The number of halogens is 2. The highest BCUT2D eigenvalue weighted by atomic mass is 35.5. The van der Waals surface area contributed by atoms with Gasteiger partial charge in [-0.25, -0.2) is 9.18 Å². The molecule has 1 atom stereocenters. The lowest BCUT2D eigenvalue weighted by Crippen LogP contribution is -2.35. The molecule has 1 amide bonds. The average molecular weight is 342 g/mol. The Kier molecular flexibility index (Phi) is 5.15. The minimum atomic E-state index is -0.554. The van der Waals surface area contributed by atoms with Gasteiger partial charge < -0.3 is 5.32 Å². The lowest BCUT2D eigenvalue weighted by molar-refractivity contribution is -0.122. The van der Waals surface area contributed by atoms with Crippen LogP contribution in [-0.2, 0) is 11.3 Å². The van der Waals surface area contributed by atoms with Crippen molar-refractivity contribution < 1.29 is 9.18 Å². The van der Waals surface area contributed by atoms with Crippen molar-refractivity contribution in [1.82, 2.24) is 25.1 Å². The molecule has 0 aliphatic heterocycles. The zero-order valence-corrected chi connectivity index (χ0v) is 13.7. The van der Waals surface area contributed by atoms with Crippen LogP contribution in [0.2, 0.25) is 5.02 Å². The molecule has 0 radical (unpaired) electrons. The standard InChI is InChI=1S/C14H17ClFN5O2/c1-8(2)21-14(23)20(18-19-21)7-13(22)17-9(3)10-4-5-11(15)12(16)6-10/h4-6,8-9H,7H2,1-3H3,(H,17,22)/t9-/m0/s1. The number of nitrogens with zero attached hydrogens (tertiary/aromatic N) is 4. The lowest BCUT2D eigenvalue weighted by atomic mass is 10.1. The molecule has 0 spiro atoms. The largest absolute Gasteiger partial charge is 0.364 e. The quantitative estimate of drug-likeness (QED) is 0.897. The minimum Gasteiger partial charge on any atom is -0.348 e. The van der Waals surface area contributed by atoms with E-state index in [9.17, 15) is 14.0 Å². The van der Waals surface area contributed by atoms with Crippen LogP contribution in [-0.4, -0.2) is 25.7 Å². The van der Waals surface area contributed by atoms with Gasteiger partial charge in [-0.2, -0.15) is 9.36 Å². The first kappa shape index (κ1) is 17.1. The van der Waals surface area contributed by atoms with E-state index in [0.29, 0.717) is 5.56 Å². The Balaban J connectivity index is 2.04. The number of amides is 1. The molecule has 23 heavy (non-hydrogen) atoms. The Morgan fingerprint density at radius 3 is 2.61 bits per heavy atom. The molecule has 2 aromatic rings. The molecule has 0 unspecified atom stereocenters. The normalized spacial score (nSPS) is 12.4. The van der Waals surface area contributed by atoms with Crippen molar-refractivity contribution >= 4 is 17.5 Å². The van der Waals surface area contributed by atoms with Crippen LogP contribution in [0.5, 0.6) is 0 Å². The van der Waals surface area contributed by atoms with Gasteiger partial charge >= 0.3 is 5.69 Å². The Hall–Kier alpha value is -2.22. The number of nitrogens with one attached hydrogen (secondary N) is 1. The van der Waals surface area contributed by atoms with Gasteiger partial charge in [0.15, 0.2) is 0 Å². The van der Waals surface area contributed by atoms with E-state index in [1.54, 1.807) is 26.8 Å². The summed E-state index contributed by atoms with van der Waals surface area (Å²) < 4.78 is 15.6. The van der Waals surface area contributed by atoms with E-state index >= 15 is 0 Å². The summed E-state index contributed by atoms with van der Waals surface area (Å²) in [7, 11) is 0. The molecule has 1 heterocycles. The van der Waals surface area contributed by atoms with Crippen LogP contribution in [0.1, 0.15) is 38.4 Å². The summed E-state index contributed by atoms with van der Waals surface area (Å²) in [5.41, 5.74) is 0.110. The van der Waals surface area contributed by atoms with Crippen molar-refractivity contribution in [1.29, 1.82) is 0 Å². The molecular formula is C14H17ClFN5O2. The molecule has 0 fully saturated rings. The van der Waals surface area contributed by atoms with E-state index in [4.69, 9.17) is 11.6 Å². The molecule has 0 aliphatic rings. The first-order chi connectivity index (χ1) is 10.8. The summed E-state index contributed by atoms with van der Waals surface area (Å²) in [6, 6.07) is 3.72. The number of tetrazole rings is 1.